The van der Waals surface area contributed by atoms with Crippen LogP contribution >= 0.6 is 0 Å². The van der Waals surface area contributed by atoms with Crippen LogP contribution in [0.5, 0.6) is 0 Å². The number of rotatable bonds is 11. The third kappa shape index (κ3) is 8.75. The van der Waals surface area contributed by atoms with Crippen LogP contribution < -0.4 is 5.32 Å². The highest BCUT2D eigenvalue weighted by Crippen LogP contribution is 2.25. The molecule has 0 aromatic heterocycles. The van der Waals surface area contributed by atoms with Gasteiger partial charge in [-0.1, -0.05) is 30.3 Å². The van der Waals surface area contributed by atoms with Crippen LogP contribution in [-0.2, 0) is 16.0 Å². The summed E-state index contributed by atoms with van der Waals surface area (Å²) in [6.07, 6.45) is -3.59. The molecule has 1 aromatic rings. The third-order valence-electron chi connectivity index (χ3n) is 6.59. The van der Waals surface area contributed by atoms with E-state index < -0.39 is 49.4 Å². The van der Waals surface area contributed by atoms with E-state index in [1.165, 1.54) is 18.7 Å². The number of ether oxygens (including phenoxy) is 1. The first kappa shape index (κ1) is 31.1. The number of halogens is 3. The Bertz CT molecular complexity index is 1010. The standard InChI is InChI=1S/C25H34BF3N4O5/c1-25(2,32(3)22(29)21(27)28)14-18(15-30)23(34)33-12-8-7-11-19(33)16-38-24(35)31-20(26(36)37)13-17-9-5-4-6-10-17/h4-6,9-10,14,19-22,36-37H,7-8,11-13,16H2,1-3H3,(H,31,35)/t19?,20-,22?/m0/s1. The van der Waals surface area contributed by atoms with Gasteiger partial charge in [-0.2, -0.15) is 5.26 Å². The summed E-state index contributed by atoms with van der Waals surface area (Å²) < 4.78 is 44.9. The number of carbonyl (C=O) groups is 2. The molecule has 2 unspecified atom stereocenters. The van der Waals surface area contributed by atoms with Crippen LogP contribution in [0, 0.1) is 11.3 Å². The molecule has 1 aromatic carbocycles. The van der Waals surface area contributed by atoms with Crippen LogP contribution in [0.1, 0.15) is 38.7 Å². The maximum absolute atomic E-state index is 13.9. The molecule has 0 saturated carbocycles. The molecule has 13 heteroatoms. The second-order valence-corrected chi connectivity index (χ2v) is 9.74. The average Bonchev–Trinajstić information content (AvgIpc) is 2.89. The highest BCUT2D eigenvalue weighted by atomic mass is 19.3. The summed E-state index contributed by atoms with van der Waals surface area (Å²) in [6.45, 7) is 2.89. The maximum atomic E-state index is 13.9. The van der Waals surface area contributed by atoms with E-state index in [9.17, 15) is 38.1 Å². The summed E-state index contributed by atoms with van der Waals surface area (Å²) in [7, 11) is -0.702. The van der Waals surface area contributed by atoms with Crippen LogP contribution in [0.15, 0.2) is 42.0 Å². The Morgan fingerprint density at radius 3 is 2.53 bits per heavy atom. The van der Waals surface area contributed by atoms with Crippen LogP contribution in [-0.4, -0.2) is 89.4 Å². The summed E-state index contributed by atoms with van der Waals surface area (Å²) in [5.74, 6) is -1.71. The van der Waals surface area contributed by atoms with Gasteiger partial charge in [-0.15, -0.1) is 0 Å². The van der Waals surface area contributed by atoms with Crippen molar-refractivity contribution in [1.29, 1.82) is 5.26 Å². The number of likely N-dealkylation sites (N-methyl/N-ethyl adjacent to an activating group) is 1. The van der Waals surface area contributed by atoms with Gasteiger partial charge in [0.25, 0.3) is 12.3 Å². The Kier molecular flexibility index (Phi) is 11.6. The van der Waals surface area contributed by atoms with Gasteiger partial charge >= 0.3 is 13.2 Å². The predicted molar refractivity (Wildman–Crippen MR) is 134 cm³/mol. The van der Waals surface area contributed by atoms with E-state index in [0.717, 1.165) is 30.0 Å². The highest BCUT2D eigenvalue weighted by molar-refractivity contribution is 6.43. The van der Waals surface area contributed by atoms with Gasteiger partial charge in [0.05, 0.1) is 12.0 Å². The van der Waals surface area contributed by atoms with E-state index >= 15 is 0 Å². The van der Waals surface area contributed by atoms with Gasteiger partial charge in [0.15, 0.2) is 0 Å². The van der Waals surface area contributed by atoms with E-state index in [-0.39, 0.29) is 25.1 Å². The first-order chi connectivity index (χ1) is 17.9. The normalized spacial score (nSPS) is 18.1. The Morgan fingerprint density at radius 2 is 1.95 bits per heavy atom. The van der Waals surface area contributed by atoms with E-state index in [4.69, 9.17) is 4.74 Å². The van der Waals surface area contributed by atoms with Gasteiger partial charge in [-0.3, -0.25) is 9.69 Å². The van der Waals surface area contributed by atoms with Crippen molar-refractivity contribution in [3.63, 3.8) is 0 Å². The van der Waals surface area contributed by atoms with Gasteiger partial charge in [-0.05, 0) is 58.2 Å². The molecule has 1 fully saturated rings. The number of carbonyl (C=O) groups excluding carboxylic acids is 2. The maximum Gasteiger partial charge on any atom is 0.475 e. The molecule has 3 N–H and O–H groups in total. The Balaban J connectivity index is 2.07. The Morgan fingerprint density at radius 1 is 1.29 bits per heavy atom. The fourth-order valence-corrected chi connectivity index (χ4v) is 4.14. The van der Waals surface area contributed by atoms with Gasteiger partial charge in [-0.25, -0.2) is 18.0 Å². The van der Waals surface area contributed by atoms with Gasteiger partial charge in [0.2, 0.25) is 6.30 Å². The van der Waals surface area contributed by atoms with Crippen LogP contribution in [0.2, 0.25) is 0 Å². The van der Waals surface area contributed by atoms with Crippen molar-refractivity contribution in [3.05, 3.63) is 47.5 Å². The number of alkyl halides is 3. The zero-order chi connectivity index (χ0) is 28.5. The van der Waals surface area contributed by atoms with Crippen molar-refractivity contribution in [2.24, 2.45) is 0 Å². The van der Waals surface area contributed by atoms with Crippen LogP contribution in [0.25, 0.3) is 0 Å². The van der Waals surface area contributed by atoms with E-state index in [0.29, 0.717) is 12.8 Å². The molecule has 38 heavy (non-hydrogen) atoms. The lowest BCUT2D eigenvalue weighted by atomic mass is 9.76. The molecule has 9 nitrogen and oxygen atoms in total. The van der Waals surface area contributed by atoms with Gasteiger partial charge in [0.1, 0.15) is 18.2 Å². The molecule has 3 atom stereocenters. The lowest BCUT2D eigenvalue weighted by Crippen LogP contribution is -2.51. The van der Waals surface area contributed by atoms with Gasteiger partial charge < -0.3 is 25.0 Å². The minimum atomic E-state index is -3.26. The third-order valence-corrected chi connectivity index (χ3v) is 6.59. The van der Waals surface area contributed by atoms with Crippen molar-refractivity contribution in [2.45, 2.75) is 69.8 Å². The molecule has 1 heterocycles. The molecule has 1 aliphatic rings. The molecule has 2 rings (SSSR count). The number of alkyl carbamates (subject to hydrolysis) is 1. The van der Waals surface area contributed by atoms with Crippen molar-refractivity contribution >= 4 is 19.1 Å². The van der Waals surface area contributed by atoms with Crippen LogP contribution in [0.4, 0.5) is 18.0 Å². The molecular weight excluding hydrogens is 504 g/mol. The van der Waals surface area contributed by atoms with Crippen molar-refractivity contribution in [3.8, 4) is 6.07 Å². The van der Waals surface area contributed by atoms with E-state index in [2.05, 4.69) is 5.32 Å². The zero-order valence-electron chi connectivity index (χ0n) is 21.7. The SMILES string of the molecule is CN(C(F)C(F)F)C(C)(C)C=C(C#N)C(=O)N1CCCCC1COC(=O)N[C@@H](Cc1ccccc1)B(O)O. The second kappa shape index (κ2) is 14.2. The number of amides is 2. The molecular formula is C25H34BF3N4O5. The fourth-order valence-electron chi connectivity index (χ4n) is 4.14. The summed E-state index contributed by atoms with van der Waals surface area (Å²) in [6, 6.07) is 10.1. The number of hydrogen-bond acceptors (Lipinski definition) is 7. The first-order valence-electron chi connectivity index (χ1n) is 12.3. The lowest BCUT2D eigenvalue weighted by Gasteiger charge is -2.37. The largest absolute Gasteiger partial charge is 0.475 e. The number of piperidine rings is 1. The predicted octanol–water partition coefficient (Wildman–Crippen LogP) is 2.44. The van der Waals surface area contributed by atoms with Crippen molar-refractivity contribution in [1.82, 2.24) is 15.1 Å². The zero-order valence-corrected chi connectivity index (χ0v) is 21.7. The summed E-state index contributed by atoms with van der Waals surface area (Å²) >= 11 is 0. The first-order valence-corrected chi connectivity index (χ1v) is 12.3. The smallest absolute Gasteiger partial charge is 0.447 e. The Labute approximate surface area is 221 Å². The molecule has 208 valence electrons. The number of benzene rings is 1. The van der Waals surface area contributed by atoms with Gasteiger partial charge in [0, 0.05) is 12.1 Å². The Hall–Kier alpha value is -3.08. The average molecular weight is 538 g/mol. The summed E-state index contributed by atoms with van der Waals surface area (Å²) in [5, 5.41) is 31.4. The molecule has 0 spiro atoms. The quantitative estimate of drug-likeness (QED) is 0.171. The number of hydrogen-bond donors (Lipinski definition) is 3. The minimum absolute atomic E-state index is 0.146. The number of nitrogens with zero attached hydrogens (tertiary/aromatic N) is 3. The van der Waals surface area contributed by atoms with Crippen LogP contribution in [0.3, 0.4) is 0 Å². The van der Waals surface area contributed by atoms with Crippen molar-refractivity contribution in [2.75, 3.05) is 20.2 Å². The number of nitriles is 1. The summed E-state index contributed by atoms with van der Waals surface area (Å²) in [5.41, 5.74) is -0.949. The molecule has 0 radical (unpaired) electrons. The van der Waals surface area contributed by atoms with E-state index in [1.54, 1.807) is 36.4 Å². The second-order valence-electron chi connectivity index (χ2n) is 9.74. The minimum Gasteiger partial charge on any atom is -0.447 e. The molecule has 0 bridgehead atoms. The van der Waals surface area contributed by atoms with E-state index in [1.807, 2.05) is 0 Å². The van der Waals surface area contributed by atoms with Crippen molar-refractivity contribution < 1.29 is 37.5 Å². The molecule has 1 saturated heterocycles. The number of likely N-dealkylation sites (tertiary alicyclic amines) is 1. The molecule has 2 amide bonds. The lowest BCUT2D eigenvalue weighted by molar-refractivity contribution is -0.131. The fraction of sp³-hybridized carbons (Fsp3) is 0.560. The highest BCUT2D eigenvalue weighted by Gasteiger charge is 2.36. The molecule has 0 aliphatic carbocycles. The number of nitrogens with one attached hydrogen (secondary N) is 1. The molecule has 1 aliphatic heterocycles. The summed E-state index contributed by atoms with van der Waals surface area (Å²) in [4.78, 5) is 27.7. The topological polar surface area (TPSA) is 126 Å². The monoisotopic (exact) mass is 538 g/mol.